The van der Waals surface area contributed by atoms with Crippen molar-refractivity contribution in [2.75, 3.05) is 11.1 Å². The summed E-state index contributed by atoms with van der Waals surface area (Å²) in [5, 5.41) is 3.29. The molecule has 1 aliphatic carbocycles. The summed E-state index contributed by atoms with van der Waals surface area (Å²) in [4.78, 5) is 18.9. The molecule has 3 aromatic rings. The lowest BCUT2D eigenvalue weighted by Crippen LogP contribution is -2.05. The molecule has 1 aromatic carbocycles. The number of nitrogen functional groups attached to an aromatic ring is 1. The van der Waals surface area contributed by atoms with Gasteiger partial charge in [0.25, 0.3) is 0 Å². The number of H-pyrrole nitrogens is 1. The Labute approximate surface area is 175 Å². The highest BCUT2D eigenvalue weighted by atomic mass is 35.5. The summed E-state index contributed by atoms with van der Waals surface area (Å²) in [5.41, 5.74) is 8.18. The van der Waals surface area contributed by atoms with E-state index >= 15 is 0 Å². The first kappa shape index (κ1) is 20.4. The molecule has 28 heavy (non-hydrogen) atoms. The molecule has 0 atom stereocenters. The molecule has 2 heterocycles. The van der Waals surface area contributed by atoms with E-state index in [9.17, 15) is 9.18 Å². The number of nitrogens with zero attached hydrogens (tertiary/aromatic N) is 1. The van der Waals surface area contributed by atoms with E-state index < -0.39 is 5.82 Å². The van der Waals surface area contributed by atoms with Gasteiger partial charge in [-0.15, -0.1) is 11.3 Å². The van der Waals surface area contributed by atoms with Crippen LogP contribution in [-0.4, -0.2) is 15.9 Å². The predicted molar refractivity (Wildman–Crippen MR) is 115 cm³/mol. The van der Waals surface area contributed by atoms with Crippen LogP contribution in [0.5, 0.6) is 0 Å². The first-order chi connectivity index (χ1) is 13.3. The summed E-state index contributed by atoms with van der Waals surface area (Å²) < 4.78 is 13.8. The Morgan fingerprint density at radius 2 is 2.14 bits per heavy atom. The lowest BCUT2D eigenvalue weighted by atomic mass is 10.1. The molecule has 1 saturated carbocycles. The van der Waals surface area contributed by atoms with Crippen LogP contribution in [0, 0.1) is 10.5 Å². The van der Waals surface area contributed by atoms with Gasteiger partial charge in [-0.05, 0) is 49.1 Å². The number of halogens is 2. The number of anilines is 2. The summed E-state index contributed by atoms with van der Waals surface area (Å²) in [6.45, 7) is 1.46. The van der Waals surface area contributed by atoms with Crippen molar-refractivity contribution in [1.29, 1.82) is 0 Å². The Hall–Kier alpha value is -2.29. The molecular formula is C19H18ClFN4OS2. The first-order valence-corrected chi connectivity index (χ1v) is 10.1. The van der Waals surface area contributed by atoms with E-state index in [2.05, 4.69) is 15.3 Å². The molecule has 5 nitrogen and oxygen atoms in total. The normalized spacial score (nSPS) is 12.8. The molecule has 4 N–H and O–H groups in total. The van der Waals surface area contributed by atoms with E-state index in [1.165, 1.54) is 42.0 Å². The second-order valence-electron chi connectivity index (χ2n) is 6.29. The fraction of sp³-hybridized carbons (Fsp3) is 0.211. The monoisotopic (exact) mass is 436 g/mol. The van der Waals surface area contributed by atoms with Gasteiger partial charge in [-0.1, -0.05) is 23.8 Å². The van der Waals surface area contributed by atoms with Crippen LogP contribution in [0.25, 0.3) is 11.3 Å². The second kappa shape index (κ2) is 8.81. The molecule has 0 unspecified atom stereocenters. The smallest absolute Gasteiger partial charge is 0.221 e. The van der Waals surface area contributed by atoms with Gasteiger partial charge in [-0.25, -0.2) is 9.37 Å². The van der Waals surface area contributed by atoms with Gasteiger partial charge in [-0.2, -0.15) is 0 Å². The highest BCUT2D eigenvalue weighted by Crippen LogP contribution is 2.48. The highest BCUT2D eigenvalue weighted by Gasteiger charge is 2.29. The number of amides is 1. The number of carbonyl (C=O) groups excluding carboxylic acids is 1. The summed E-state index contributed by atoms with van der Waals surface area (Å²) in [6, 6.07) is 8.14. The molecule has 9 heteroatoms. The van der Waals surface area contributed by atoms with Gasteiger partial charge in [0.05, 0.1) is 16.4 Å². The summed E-state index contributed by atoms with van der Waals surface area (Å²) in [7, 11) is 0. The largest absolute Gasteiger partial charge is 0.375 e. The van der Waals surface area contributed by atoms with Crippen LogP contribution >= 0.6 is 35.2 Å². The van der Waals surface area contributed by atoms with Gasteiger partial charge < -0.3 is 16.0 Å². The summed E-state index contributed by atoms with van der Waals surface area (Å²) in [5.74, 6) is 0.0748. The average molecular weight is 437 g/mol. The van der Waals surface area contributed by atoms with Crippen molar-refractivity contribution < 1.29 is 9.18 Å². The molecule has 0 radical (unpaired) electrons. The van der Waals surface area contributed by atoms with Crippen LogP contribution in [0.1, 0.15) is 30.6 Å². The minimum Gasteiger partial charge on any atom is -0.375 e. The first-order valence-electron chi connectivity index (χ1n) is 8.51. The number of aromatic nitrogens is 2. The lowest BCUT2D eigenvalue weighted by molar-refractivity contribution is -0.114. The SMILES string of the molecule is CC(=O)Nc1ccc(=S)[nH]c1.Nc1nc(-c2ccc(F)c(Cl)c2)c(C2CC2)s1. The third kappa shape index (κ3) is 5.37. The minimum absolute atomic E-state index is 0.0875. The van der Waals surface area contributed by atoms with E-state index in [1.807, 2.05) is 0 Å². The Morgan fingerprint density at radius 3 is 2.71 bits per heavy atom. The summed E-state index contributed by atoms with van der Waals surface area (Å²) >= 11 is 12.1. The molecular weight excluding hydrogens is 419 g/mol. The van der Waals surface area contributed by atoms with E-state index in [4.69, 9.17) is 29.6 Å². The fourth-order valence-corrected chi connectivity index (χ4v) is 3.85. The zero-order valence-corrected chi connectivity index (χ0v) is 17.3. The average Bonchev–Trinajstić information content (AvgIpc) is 3.41. The van der Waals surface area contributed by atoms with Gasteiger partial charge in [0.15, 0.2) is 5.13 Å². The molecule has 1 fully saturated rings. The van der Waals surface area contributed by atoms with Crippen molar-refractivity contribution in [2.24, 2.45) is 0 Å². The van der Waals surface area contributed by atoms with E-state index in [0.29, 0.717) is 15.7 Å². The van der Waals surface area contributed by atoms with E-state index in [1.54, 1.807) is 30.5 Å². The summed E-state index contributed by atoms with van der Waals surface area (Å²) in [6.07, 6.45) is 4.02. The number of hydrogen-bond donors (Lipinski definition) is 3. The van der Waals surface area contributed by atoms with Crippen LogP contribution in [0.3, 0.4) is 0 Å². The quantitative estimate of drug-likeness (QED) is 0.455. The molecule has 0 saturated heterocycles. The van der Waals surface area contributed by atoms with Gasteiger partial charge in [0.2, 0.25) is 5.91 Å². The third-order valence-corrected chi connectivity index (χ3v) is 5.51. The molecule has 0 bridgehead atoms. The highest BCUT2D eigenvalue weighted by molar-refractivity contribution is 7.71. The van der Waals surface area contributed by atoms with E-state index in [-0.39, 0.29) is 10.9 Å². The van der Waals surface area contributed by atoms with Crippen molar-refractivity contribution in [3.63, 3.8) is 0 Å². The Bertz CT molecular complexity index is 1040. The fourth-order valence-electron chi connectivity index (χ4n) is 2.51. The maximum Gasteiger partial charge on any atom is 0.221 e. The van der Waals surface area contributed by atoms with Crippen molar-refractivity contribution >= 4 is 51.9 Å². The maximum atomic E-state index is 13.1. The molecule has 0 aliphatic heterocycles. The zero-order valence-electron chi connectivity index (χ0n) is 15.0. The molecule has 146 valence electrons. The number of nitrogens with two attached hydrogens (primary N) is 1. The maximum absolute atomic E-state index is 13.1. The Morgan fingerprint density at radius 1 is 1.39 bits per heavy atom. The Balaban J connectivity index is 0.000000178. The van der Waals surface area contributed by atoms with Crippen LogP contribution in [0.15, 0.2) is 36.5 Å². The molecule has 1 aliphatic rings. The van der Waals surface area contributed by atoms with Crippen LogP contribution in [-0.2, 0) is 4.79 Å². The minimum atomic E-state index is -0.411. The number of nitrogens with one attached hydrogen (secondary N) is 2. The number of benzene rings is 1. The molecule has 1 amide bonds. The second-order valence-corrected chi connectivity index (χ2v) is 8.20. The molecule has 0 spiro atoms. The third-order valence-electron chi connectivity index (χ3n) is 3.92. The number of rotatable bonds is 3. The molecule has 4 rings (SSSR count). The van der Waals surface area contributed by atoms with Crippen molar-refractivity contribution in [2.45, 2.75) is 25.7 Å². The van der Waals surface area contributed by atoms with Gasteiger partial charge in [0, 0.05) is 23.6 Å². The van der Waals surface area contributed by atoms with Crippen molar-refractivity contribution in [3.05, 3.63) is 56.9 Å². The number of pyridine rings is 1. The van der Waals surface area contributed by atoms with Crippen molar-refractivity contribution in [1.82, 2.24) is 9.97 Å². The topological polar surface area (TPSA) is 83.8 Å². The van der Waals surface area contributed by atoms with Gasteiger partial charge in [-0.3, -0.25) is 4.79 Å². The Kier molecular flexibility index (Phi) is 6.43. The number of carbonyl (C=O) groups is 1. The van der Waals surface area contributed by atoms with Crippen LogP contribution < -0.4 is 11.1 Å². The van der Waals surface area contributed by atoms with Crippen molar-refractivity contribution in [3.8, 4) is 11.3 Å². The standard InChI is InChI=1S/C12H10ClFN2S.C7H8N2OS/c13-8-5-7(3-4-9(8)14)10-11(6-1-2-6)17-12(15)16-10;1-5(10)9-6-2-3-7(11)8-4-6/h3-6H,1-2H2,(H2,15,16);2-4H,1H3,(H,8,11)(H,9,10). The number of aromatic amines is 1. The van der Waals surface area contributed by atoms with Gasteiger partial charge >= 0.3 is 0 Å². The predicted octanol–water partition coefficient (Wildman–Crippen LogP) is 5.76. The number of thiazole rings is 1. The van der Waals surface area contributed by atoms with Gasteiger partial charge in [0.1, 0.15) is 10.5 Å². The number of hydrogen-bond acceptors (Lipinski definition) is 5. The van der Waals surface area contributed by atoms with E-state index in [0.717, 1.165) is 16.9 Å². The molecule has 2 aromatic heterocycles. The van der Waals surface area contributed by atoms with Crippen LogP contribution in [0.4, 0.5) is 15.2 Å². The zero-order chi connectivity index (χ0) is 20.3. The van der Waals surface area contributed by atoms with Crippen LogP contribution in [0.2, 0.25) is 5.02 Å². The lowest BCUT2D eigenvalue weighted by Gasteiger charge is -2.02.